The molecular formula is C26H31N5O4. The van der Waals surface area contributed by atoms with E-state index in [2.05, 4.69) is 15.3 Å². The van der Waals surface area contributed by atoms with E-state index in [4.69, 9.17) is 0 Å². The van der Waals surface area contributed by atoms with E-state index in [1.165, 1.54) is 4.57 Å². The number of aryl methyl sites for hydroxylation is 1. The summed E-state index contributed by atoms with van der Waals surface area (Å²) in [5.41, 5.74) is 1.44. The van der Waals surface area contributed by atoms with E-state index in [9.17, 15) is 19.2 Å². The smallest absolute Gasteiger partial charge is 0.329 e. The summed E-state index contributed by atoms with van der Waals surface area (Å²) in [6, 6.07) is 6.84. The Labute approximate surface area is 203 Å². The van der Waals surface area contributed by atoms with Crippen molar-refractivity contribution in [3.05, 3.63) is 67.5 Å². The Hall–Kier alpha value is -3.75. The number of carbonyl (C=O) groups is 2. The summed E-state index contributed by atoms with van der Waals surface area (Å²) in [6.07, 6.45) is 2.64. The molecule has 1 aliphatic heterocycles. The zero-order valence-electron chi connectivity index (χ0n) is 20.6. The molecule has 2 amide bonds. The van der Waals surface area contributed by atoms with Crippen molar-refractivity contribution in [3.8, 4) is 0 Å². The van der Waals surface area contributed by atoms with Gasteiger partial charge in [-0.15, -0.1) is 0 Å². The third-order valence-corrected chi connectivity index (χ3v) is 6.46. The normalized spacial score (nSPS) is 13.6. The summed E-state index contributed by atoms with van der Waals surface area (Å²) in [5, 5.41) is 2.96. The Morgan fingerprint density at radius 3 is 2.51 bits per heavy atom. The molecule has 0 unspecified atom stereocenters. The lowest BCUT2D eigenvalue weighted by Crippen LogP contribution is -2.32. The maximum absolute atomic E-state index is 13.5. The number of benzene rings is 1. The summed E-state index contributed by atoms with van der Waals surface area (Å²) in [4.78, 5) is 60.5. The van der Waals surface area contributed by atoms with Gasteiger partial charge in [-0.3, -0.25) is 23.9 Å². The topological polar surface area (TPSA) is 117 Å². The van der Waals surface area contributed by atoms with Gasteiger partial charge in [-0.2, -0.15) is 0 Å². The zero-order valence-corrected chi connectivity index (χ0v) is 20.6. The lowest BCUT2D eigenvalue weighted by Gasteiger charge is -2.19. The lowest BCUT2D eigenvalue weighted by atomic mass is 10.0. The van der Waals surface area contributed by atoms with Crippen LogP contribution in [-0.4, -0.2) is 44.3 Å². The van der Waals surface area contributed by atoms with E-state index in [0.29, 0.717) is 35.5 Å². The van der Waals surface area contributed by atoms with Crippen LogP contribution in [0.1, 0.15) is 77.9 Å². The van der Waals surface area contributed by atoms with Gasteiger partial charge in [0.2, 0.25) is 0 Å². The fourth-order valence-corrected chi connectivity index (χ4v) is 4.48. The molecule has 3 heterocycles. The largest absolute Gasteiger partial charge is 0.339 e. The average Bonchev–Trinajstić information content (AvgIpc) is 3.36. The minimum atomic E-state index is -0.653. The van der Waals surface area contributed by atoms with E-state index in [-0.39, 0.29) is 28.4 Å². The van der Waals surface area contributed by atoms with Gasteiger partial charge in [0.15, 0.2) is 5.65 Å². The van der Waals surface area contributed by atoms with Crippen molar-refractivity contribution in [2.24, 2.45) is 0 Å². The van der Waals surface area contributed by atoms with E-state index < -0.39 is 17.2 Å². The van der Waals surface area contributed by atoms with Crippen LogP contribution in [0.5, 0.6) is 0 Å². The molecule has 1 saturated heterocycles. The van der Waals surface area contributed by atoms with Crippen molar-refractivity contribution in [1.82, 2.24) is 19.4 Å². The molecule has 0 aliphatic carbocycles. The summed E-state index contributed by atoms with van der Waals surface area (Å²) in [7, 11) is 0. The number of H-pyrrole nitrogens is 1. The van der Waals surface area contributed by atoms with Crippen LogP contribution in [-0.2, 0) is 6.54 Å². The van der Waals surface area contributed by atoms with Gasteiger partial charge in [-0.25, -0.2) is 9.78 Å². The first-order valence-electron chi connectivity index (χ1n) is 12.1. The van der Waals surface area contributed by atoms with Crippen LogP contribution >= 0.6 is 0 Å². The number of aromatic amines is 1. The summed E-state index contributed by atoms with van der Waals surface area (Å²) >= 11 is 0. The zero-order chi connectivity index (χ0) is 25.3. The molecule has 1 aromatic carbocycles. The summed E-state index contributed by atoms with van der Waals surface area (Å²) in [6.45, 7) is 9.42. The highest BCUT2D eigenvalue weighted by Crippen LogP contribution is 2.25. The van der Waals surface area contributed by atoms with Crippen LogP contribution in [0.15, 0.2) is 33.9 Å². The summed E-state index contributed by atoms with van der Waals surface area (Å²) in [5.74, 6) is -0.577. The third kappa shape index (κ3) is 4.62. The number of likely N-dealkylation sites (tertiary alicyclic amines) is 1. The van der Waals surface area contributed by atoms with Crippen LogP contribution in [0.4, 0.5) is 5.69 Å². The molecular weight excluding hydrogens is 446 g/mol. The Kier molecular flexibility index (Phi) is 6.86. The van der Waals surface area contributed by atoms with Crippen molar-refractivity contribution < 1.29 is 9.59 Å². The van der Waals surface area contributed by atoms with Gasteiger partial charge < -0.3 is 10.2 Å². The van der Waals surface area contributed by atoms with Crippen LogP contribution < -0.4 is 16.6 Å². The minimum Gasteiger partial charge on any atom is -0.339 e. The number of rotatable bonds is 6. The van der Waals surface area contributed by atoms with E-state index in [1.54, 1.807) is 31.2 Å². The van der Waals surface area contributed by atoms with Crippen LogP contribution in [0, 0.1) is 6.92 Å². The molecule has 184 valence electrons. The van der Waals surface area contributed by atoms with Gasteiger partial charge in [0, 0.05) is 36.6 Å². The highest BCUT2D eigenvalue weighted by atomic mass is 16.2. The number of hydrogen-bond donors (Lipinski definition) is 2. The van der Waals surface area contributed by atoms with Crippen molar-refractivity contribution >= 4 is 28.5 Å². The number of amides is 2. The second kappa shape index (κ2) is 9.85. The van der Waals surface area contributed by atoms with E-state index in [0.717, 1.165) is 25.9 Å². The van der Waals surface area contributed by atoms with Crippen molar-refractivity contribution in [1.29, 1.82) is 0 Å². The van der Waals surface area contributed by atoms with Gasteiger partial charge in [-0.1, -0.05) is 26.8 Å². The second-order valence-electron chi connectivity index (χ2n) is 9.29. The molecule has 0 atom stereocenters. The van der Waals surface area contributed by atoms with Gasteiger partial charge in [0.05, 0.1) is 10.9 Å². The van der Waals surface area contributed by atoms with Crippen molar-refractivity contribution in [3.63, 3.8) is 0 Å². The Morgan fingerprint density at radius 1 is 1.14 bits per heavy atom. The number of pyridine rings is 1. The highest BCUT2D eigenvalue weighted by Gasteiger charge is 2.24. The predicted octanol–water partition coefficient (Wildman–Crippen LogP) is 3.41. The number of fused-ring (bicyclic) bond motifs is 1. The van der Waals surface area contributed by atoms with Crippen LogP contribution in [0.25, 0.3) is 11.0 Å². The molecule has 9 heteroatoms. The fraction of sp³-hybridized carbons (Fsp3) is 0.423. The maximum Gasteiger partial charge on any atom is 0.329 e. The SMILES string of the molecule is CCCn1c(=O)[nH]c(=O)c2c(C(=O)Nc3cccc(C(=O)N4CCCC4)c3C)cc(C(C)C)nc21. The number of nitrogens with zero attached hydrogens (tertiary/aromatic N) is 3. The molecule has 3 aromatic rings. The highest BCUT2D eigenvalue weighted by molar-refractivity contribution is 6.12. The Balaban J connectivity index is 1.80. The first-order chi connectivity index (χ1) is 16.7. The maximum atomic E-state index is 13.5. The molecule has 0 bridgehead atoms. The summed E-state index contributed by atoms with van der Waals surface area (Å²) < 4.78 is 1.40. The van der Waals surface area contributed by atoms with Gasteiger partial charge in [0.25, 0.3) is 17.4 Å². The number of anilines is 1. The predicted molar refractivity (Wildman–Crippen MR) is 135 cm³/mol. The first-order valence-corrected chi connectivity index (χ1v) is 12.1. The van der Waals surface area contributed by atoms with Crippen LogP contribution in [0.2, 0.25) is 0 Å². The van der Waals surface area contributed by atoms with Crippen molar-refractivity contribution in [2.75, 3.05) is 18.4 Å². The molecule has 1 aliphatic rings. The monoisotopic (exact) mass is 477 g/mol. The molecule has 1 fully saturated rings. The van der Waals surface area contributed by atoms with Crippen molar-refractivity contribution in [2.45, 2.75) is 59.4 Å². The fourth-order valence-electron chi connectivity index (χ4n) is 4.48. The Bertz CT molecular complexity index is 1410. The average molecular weight is 478 g/mol. The molecule has 35 heavy (non-hydrogen) atoms. The second-order valence-corrected chi connectivity index (χ2v) is 9.29. The van der Waals surface area contributed by atoms with Gasteiger partial charge in [-0.05, 0) is 55.9 Å². The number of aromatic nitrogens is 3. The molecule has 4 rings (SSSR count). The minimum absolute atomic E-state index is 0.0291. The van der Waals surface area contributed by atoms with Crippen LogP contribution in [0.3, 0.4) is 0 Å². The molecule has 9 nitrogen and oxygen atoms in total. The quantitative estimate of drug-likeness (QED) is 0.564. The molecule has 0 saturated carbocycles. The molecule has 0 radical (unpaired) electrons. The molecule has 0 spiro atoms. The Morgan fingerprint density at radius 2 is 1.86 bits per heavy atom. The number of carbonyl (C=O) groups excluding carboxylic acids is 2. The van der Waals surface area contributed by atoms with Gasteiger partial charge in [0.1, 0.15) is 0 Å². The molecule has 2 aromatic heterocycles. The van der Waals surface area contributed by atoms with E-state index >= 15 is 0 Å². The first kappa shape index (κ1) is 24.4. The molecule has 2 N–H and O–H groups in total. The standard InChI is InChI=1S/C26H31N5O4/c1-5-11-31-22-21(24(33)29-26(31)35)18(14-20(27-22)15(2)3)23(32)28-19-10-8-9-17(16(19)4)25(34)30-12-6-7-13-30/h8-10,14-15H,5-7,11-13H2,1-4H3,(H,28,32)(H,29,33,35). The van der Waals surface area contributed by atoms with E-state index in [1.807, 2.05) is 25.7 Å². The lowest BCUT2D eigenvalue weighted by molar-refractivity contribution is 0.0791. The van der Waals surface area contributed by atoms with Gasteiger partial charge >= 0.3 is 5.69 Å². The number of nitrogens with one attached hydrogen (secondary N) is 2. The number of hydrogen-bond acceptors (Lipinski definition) is 5. The third-order valence-electron chi connectivity index (χ3n) is 6.46.